The van der Waals surface area contributed by atoms with E-state index in [1.807, 2.05) is 29.2 Å². The molecule has 2 aromatic carbocycles. The lowest BCUT2D eigenvalue weighted by Gasteiger charge is -2.36. The monoisotopic (exact) mass is 494 g/mol. The first-order chi connectivity index (χ1) is 16.5. The summed E-state index contributed by atoms with van der Waals surface area (Å²) in [7, 11) is 0. The van der Waals surface area contributed by atoms with E-state index in [-0.39, 0.29) is 5.69 Å². The molecule has 188 valence electrons. The number of hydrogen-bond acceptors (Lipinski definition) is 5. The Bertz CT molecular complexity index is 1220. The number of anilines is 1. The van der Waals surface area contributed by atoms with Crippen molar-refractivity contribution in [1.82, 2.24) is 14.5 Å². The van der Waals surface area contributed by atoms with Crippen LogP contribution in [-0.4, -0.2) is 69.3 Å². The van der Waals surface area contributed by atoms with Gasteiger partial charge in [0.05, 0.1) is 16.6 Å². The number of aromatic nitrogens is 2. The summed E-state index contributed by atoms with van der Waals surface area (Å²) in [5.41, 5.74) is 1.56. The number of imidazole rings is 1. The fourth-order valence-electron chi connectivity index (χ4n) is 3.81. The van der Waals surface area contributed by atoms with Crippen LogP contribution in [0.2, 0.25) is 0 Å². The lowest BCUT2D eigenvalue weighted by atomic mass is 10.1. The number of carbonyl (C=O) groups is 2. The number of H-pyrrole nitrogens is 1. The van der Waals surface area contributed by atoms with Gasteiger partial charge >= 0.3 is 23.8 Å². The Morgan fingerprint density at radius 1 is 0.914 bits per heavy atom. The molecule has 4 rings (SSSR count). The fourth-order valence-corrected chi connectivity index (χ4v) is 3.81. The van der Waals surface area contributed by atoms with E-state index in [0.29, 0.717) is 25.3 Å². The van der Waals surface area contributed by atoms with Gasteiger partial charge in [-0.1, -0.05) is 18.2 Å². The number of aromatic amines is 1. The van der Waals surface area contributed by atoms with E-state index in [0.717, 1.165) is 36.7 Å². The molecule has 0 spiro atoms. The third-order valence-electron chi connectivity index (χ3n) is 5.53. The molecule has 1 saturated heterocycles. The average molecular weight is 494 g/mol. The molecule has 3 aromatic rings. The Balaban J connectivity index is 0.000000429. The number of fused-ring (bicyclic) bond motifs is 1. The molecule has 1 aliphatic heterocycles. The van der Waals surface area contributed by atoms with Gasteiger partial charge in [-0.2, -0.15) is 13.2 Å². The highest BCUT2D eigenvalue weighted by Crippen LogP contribution is 2.31. The average Bonchev–Trinajstić information content (AvgIpc) is 3.12. The van der Waals surface area contributed by atoms with E-state index in [1.165, 1.54) is 12.1 Å². The van der Waals surface area contributed by atoms with Crippen molar-refractivity contribution in [2.75, 3.05) is 37.6 Å². The molecule has 0 amide bonds. The molecular weight excluding hydrogens is 469 g/mol. The molecule has 0 bridgehead atoms. The summed E-state index contributed by atoms with van der Waals surface area (Å²) in [6, 6.07) is 13.1. The summed E-state index contributed by atoms with van der Waals surface area (Å²) in [4.78, 5) is 38.1. The summed E-state index contributed by atoms with van der Waals surface area (Å²) < 4.78 is 40.5. The minimum Gasteiger partial charge on any atom is -0.481 e. The van der Waals surface area contributed by atoms with Crippen LogP contribution < -0.4 is 10.6 Å². The highest BCUT2D eigenvalue weighted by molar-refractivity contribution is 5.88. The summed E-state index contributed by atoms with van der Waals surface area (Å²) >= 11 is 0. The predicted octanol–water partition coefficient (Wildman–Crippen LogP) is 2.72. The van der Waals surface area contributed by atoms with Crippen LogP contribution in [-0.2, 0) is 22.3 Å². The number of benzene rings is 2. The molecule has 0 unspecified atom stereocenters. The van der Waals surface area contributed by atoms with Gasteiger partial charge in [-0.3, -0.25) is 19.1 Å². The zero-order valence-corrected chi connectivity index (χ0v) is 18.7. The summed E-state index contributed by atoms with van der Waals surface area (Å²) in [5, 5.41) is 15.4. The van der Waals surface area contributed by atoms with Crippen molar-refractivity contribution < 1.29 is 33.0 Å². The number of nitrogens with zero attached hydrogens (tertiary/aromatic N) is 3. The van der Waals surface area contributed by atoms with Crippen molar-refractivity contribution in [1.29, 1.82) is 0 Å². The molecule has 12 heteroatoms. The molecule has 0 radical (unpaired) electrons. The number of carboxylic acids is 2. The van der Waals surface area contributed by atoms with Crippen molar-refractivity contribution in [3.05, 3.63) is 64.6 Å². The molecule has 2 heterocycles. The third-order valence-corrected chi connectivity index (χ3v) is 5.53. The number of rotatable bonds is 6. The van der Waals surface area contributed by atoms with Crippen molar-refractivity contribution in [2.24, 2.45) is 0 Å². The van der Waals surface area contributed by atoms with Crippen LogP contribution >= 0.6 is 0 Å². The summed E-state index contributed by atoms with van der Waals surface area (Å²) in [5.74, 6) is -2.62. The molecule has 1 aliphatic rings. The Labute approximate surface area is 198 Å². The second-order valence-electron chi connectivity index (χ2n) is 7.94. The second-order valence-corrected chi connectivity index (χ2v) is 7.94. The molecule has 9 nitrogen and oxygen atoms in total. The van der Waals surface area contributed by atoms with E-state index < -0.39 is 30.1 Å². The Morgan fingerprint density at radius 2 is 1.57 bits per heavy atom. The van der Waals surface area contributed by atoms with E-state index in [9.17, 15) is 27.6 Å². The lowest BCUT2D eigenvalue weighted by Crippen LogP contribution is -2.47. The van der Waals surface area contributed by atoms with Crippen LogP contribution in [0.15, 0.2) is 53.3 Å². The molecule has 1 fully saturated rings. The van der Waals surface area contributed by atoms with Gasteiger partial charge < -0.3 is 20.1 Å². The van der Waals surface area contributed by atoms with Crippen LogP contribution in [0.25, 0.3) is 11.0 Å². The van der Waals surface area contributed by atoms with E-state index in [1.54, 1.807) is 10.6 Å². The minimum atomic E-state index is -4.33. The third kappa shape index (κ3) is 7.09. The maximum Gasteiger partial charge on any atom is 0.416 e. The van der Waals surface area contributed by atoms with Gasteiger partial charge in [0.2, 0.25) is 0 Å². The molecular formula is C23H25F3N4O5. The molecule has 3 N–H and O–H groups in total. The molecule has 0 saturated carbocycles. The van der Waals surface area contributed by atoms with E-state index >= 15 is 0 Å². The number of alkyl halides is 3. The van der Waals surface area contributed by atoms with Crippen molar-refractivity contribution in [3.8, 4) is 0 Å². The number of halogens is 3. The minimum absolute atomic E-state index is 0.121. The lowest BCUT2D eigenvalue weighted by molar-refractivity contribution is -0.147. The smallest absolute Gasteiger partial charge is 0.416 e. The van der Waals surface area contributed by atoms with Gasteiger partial charge in [0.1, 0.15) is 6.42 Å². The standard InChI is InChI=1S/C20H21F3N4O.C3H4O4/c21-20(22,23)15-4-3-5-16(14-15)26-11-8-25(9-12-26)10-13-27-18-7-2-1-6-17(18)24-19(27)28;4-2(5)1-3(6)7/h1-7,14H,8-13H2,(H,24,28);1H2,(H,4,5)(H,6,7). The Morgan fingerprint density at radius 3 is 2.17 bits per heavy atom. The quantitative estimate of drug-likeness (QED) is 0.451. The topological polar surface area (TPSA) is 119 Å². The zero-order chi connectivity index (χ0) is 25.6. The van der Waals surface area contributed by atoms with Gasteiger partial charge in [0, 0.05) is 45.0 Å². The molecule has 35 heavy (non-hydrogen) atoms. The number of aliphatic carboxylic acids is 2. The van der Waals surface area contributed by atoms with Crippen LogP contribution in [0.5, 0.6) is 0 Å². The Kier molecular flexibility index (Phi) is 8.18. The first kappa shape index (κ1) is 25.8. The van der Waals surface area contributed by atoms with Crippen LogP contribution in [0.3, 0.4) is 0 Å². The van der Waals surface area contributed by atoms with Gasteiger partial charge in [-0.15, -0.1) is 0 Å². The zero-order valence-electron chi connectivity index (χ0n) is 18.7. The van der Waals surface area contributed by atoms with E-state index in [4.69, 9.17) is 10.2 Å². The van der Waals surface area contributed by atoms with Crippen LogP contribution in [0, 0.1) is 0 Å². The van der Waals surface area contributed by atoms with Gasteiger partial charge in [0.15, 0.2) is 0 Å². The second kappa shape index (κ2) is 11.1. The van der Waals surface area contributed by atoms with Crippen molar-refractivity contribution in [3.63, 3.8) is 0 Å². The van der Waals surface area contributed by atoms with Gasteiger partial charge in [0.25, 0.3) is 0 Å². The van der Waals surface area contributed by atoms with E-state index in [2.05, 4.69) is 9.88 Å². The normalized spacial score (nSPS) is 14.4. The number of piperazine rings is 1. The SMILES string of the molecule is O=C(O)CC(=O)O.O=c1[nH]c2ccccc2n1CCN1CCN(c2cccc(C(F)(F)F)c2)CC1. The van der Waals surface area contributed by atoms with Crippen molar-refractivity contribution in [2.45, 2.75) is 19.1 Å². The summed E-state index contributed by atoms with van der Waals surface area (Å²) in [6.45, 7) is 4.10. The highest BCUT2D eigenvalue weighted by Gasteiger charge is 2.31. The summed E-state index contributed by atoms with van der Waals surface area (Å²) in [6.07, 6.45) is -5.13. The number of nitrogens with one attached hydrogen (secondary N) is 1. The molecule has 0 aliphatic carbocycles. The predicted molar refractivity (Wildman–Crippen MR) is 123 cm³/mol. The van der Waals surface area contributed by atoms with Crippen LogP contribution in [0.4, 0.5) is 18.9 Å². The number of para-hydroxylation sites is 2. The van der Waals surface area contributed by atoms with Crippen molar-refractivity contribution >= 4 is 28.7 Å². The first-order valence-corrected chi connectivity index (χ1v) is 10.8. The number of hydrogen-bond donors (Lipinski definition) is 3. The maximum atomic E-state index is 12.9. The first-order valence-electron chi connectivity index (χ1n) is 10.8. The maximum absolute atomic E-state index is 12.9. The molecule has 1 aromatic heterocycles. The van der Waals surface area contributed by atoms with Gasteiger partial charge in [-0.05, 0) is 30.3 Å². The highest BCUT2D eigenvalue weighted by atomic mass is 19.4. The largest absolute Gasteiger partial charge is 0.481 e. The van der Waals surface area contributed by atoms with Crippen LogP contribution in [0.1, 0.15) is 12.0 Å². The van der Waals surface area contributed by atoms with Gasteiger partial charge in [-0.25, -0.2) is 4.79 Å². The Hall–Kier alpha value is -3.80. The molecule has 0 atom stereocenters. The fraction of sp³-hybridized carbons (Fsp3) is 0.348. The number of carboxylic acid groups (broad SMARTS) is 2.